The zero-order chi connectivity index (χ0) is 21.1. The van der Waals surface area contributed by atoms with E-state index in [0.29, 0.717) is 31.9 Å². The maximum Gasteiger partial charge on any atom is 0.310 e. The fourth-order valence-electron chi connectivity index (χ4n) is 3.24. The van der Waals surface area contributed by atoms with Gasteiger partial charge in [-0.25, -0.2) is 0 Å². The second-order valence-corrected chi connectivity index (χ2v) is 7.86. The maximum atomic E-state index is 13.0. The van der Waals surface area contributed by atoms with Crippen LogP contribution in [0.1, 0.15) is 26.2 Å². The van der Waals surface area contributed by atoms with Gasteiger partial charge >= 0.3 is 5.97 Å². The molecule has 1 aliphatic heterocycles. The van der Waals surface area contributed by atoms with Crippen molar-refractivity contribution in [2.45, 2.75) is 32.2 Å². The molecule has 2 rings (SSSR count). The van der Waals surface area contributed by atoms with E-state index in [-0.39, 0.29) is 30.3 Å². The van der Waals surface area contributed by atoms with Crippen LogP contribution in [0.15, 0.2) is 30.3 Å². The van der Waals surface area contributed by atoms with Crippen molar-refractivity contribution >= 4 is 29.5 Å². The fourth-order valence-corrected chi connectivity index (χ4v) is 3.72. The molecule has 1 fully saturated rings. The molecule has 1 aromatic carbocycles. The lowest BCUT2D eigenvalue weighted by Gasteiger charge is -2.34. The average Bonchev–Trinajstić information content (AvgIpc) is 2.75. The van der Waals surface area contributed by atoms with Crippen molar-refractivity contribution in [2.75, 3.05) is 38.3 Å². The molecule has 29 heavy (non-hydrogen) atoms. The van der Waals surface area contributed by atoms with Gasteiger partial charge in [-0.3, -0.25) is 14.4 Å². The summed E-state index contributed by atoms with van der Waals surface area (Å²) in [5, 5.41) is 2.80. The lowest BCUT2D eigenvalue weighted by atomic mass is 9.97. The molecule has 1 saturated heterocycles. The van der Waals surface area contributed by atoms with Crippen LogP contribution in [0.5, 0.6) is 5.75 Å². The summed E-state index contributed by atoms with van der Waals surface area (Å²) in [6.07, 6.45) is 3.95. The molecule has 0 saturated carbocycles. The van der Waals surface area contributed by atoms with Gasteiger partial charge in [-0.1, -0.05) is 18.2 Å². The molecule has 2 atom stereocenters. The Hall–Kier alpha value is -2.22. The fraction of sp³-hybridized carbons (Fsp3) is 0.571. The summed E-state index contributed by atoms with van der Waals surface area (Å²) >= 11 is 1.62. The molecule has 160 valence electrons. The van der Waals surface area contributed by atoms with Crippen LogP contribution in [-0.2, 0) is 19.1 Å². The number of thioether (sulfide) groups is 1. The average molecular weight is 423 g/mol. The first-order chi connectivity index (χ1) is 14.0. The Morgan fingerprint density at radius 2 is 2.03 bits per heavy atom. The van der Waals surface area contributed by atoms with Crippen LogP contribution < -0.4 is 10.1 Å². The number of nitrogens with zero attached hydrogens (tertiary/aromatic N) is 1. The summed E-state index contributed by atoms with van der Waals surface area (Å²) in [6.45, 7) is 2.87. The first kappa shape index (κ1) is 23.1. The molecule has 0 radical (unpaired) electrons. The van der Waals surface area contributed by atoms with Gasteiger partial charge in [0.25, 0.3) is 5.91 Å². The van der Waals surface area contributed by atoms with Crippen LogP contribution in [0, 0.1) is 5.92 Å². The molecule has 1 aromatic rings. The summed E-state index contributed by atoms with van der Waals surface area (Å²) < 4.78 is 10.6. The van der Waals surface area contributed by atoms with E-state index in [4.69, 9.17) is 9.47 Å². The lowest BCUT2D eigenvalue weighted by Crippen LogP contribution is -2.53. The van der Waals surface area contributed by atoms with Gasteiger partial charge in [0, 0.05) is 13.1 Å². The number of likely N-dealkylation sites (tertiary alicyclic amines) is 1. The van der Waals surface area contributed by atoms with Gasteiger partial charge in [-0.05, 0) is 50.3 Å². The van der Waals surface area contributed by atoms with Crippen LogP contribution in [0.2, 0.25) is 0 Å². The molecule has 1 heterocycles. The van der Waals surface area contributed by atoms with Gasteiger partial charge in [-0.2, -0.15) is 11.8 Å². The number of para-hydroxylation sites is 1. The molecule has 0 bridgehead atoms. The first-order valence-electron chi connectivity index (χ1n) is 9.96. The smallest absolute Gasteiger partial charge is 0.310 e. The number of piperidine rings is 1. The summed E-state index contributed by atoms with van der Waals surface area (Å²) in [5.74, 6) is 0.291. The van der Waals surface area contributed by atoms with Gasteiger partial charge in [0.15, 0.2) is 6.61 Å². The second-order valence-electron chi connectivity index (χ2n) is 6.88. The Morgan fingerprint density at radius 1 is 1.28 bits per heavy atom. The molecule has 0 aromatic heterocycles. The SMILES string of the molecule is CCOC(=O)[C@@H]1CCCN(C(=O)[C@H](CCSC)NC(=O)COc2ccccc2)C1. The van der Waals surface area contributed by atoms with Crippen molar-refractivity contribution in [2.24, 2.45) is 5.92 Å². The molecule has 1 aliphatic rings. The largest absolute Gasteiger partial charge is 0.484 e. The third kappa shape index (κ3) is 7.61. The zero-order valence-corrected chi connectivity index (χ0v) is 17.9. The van der Waals surface area contributed by atoms with Gasteiger partial charge in [0.05, 0.1) is 12.5 Å². The number of ether oxygens (including phenoxy) is 2. The summed E-state index contributed by atoms with van der Waals surface area (Å²) in [4.78, 5) is 39.1. The van der Waals surface area contributed by atoms with Crippen molar-refractivity contribution in [3.8, 4) is 5.75 Å². The summed E-state index contributed by atoms with van der Waals surface area (Å²) in [6, 6.07) is 8.43. The Balaban J connectivity index is 1.93. The molecule has 2 amide bonds. The van der Waals surface area contributed by atoms with Crippen LogP contribution in [-0.4, -0.2) is 67.0 Å². The van der Waals surface area contributed by atoms with Gasteiger partial charge in [0.2, 0.25) is 5.91 Å². The highest BCUT2D eigenvalue weighted by Gasteiger charge is 2.33. The Labute approximate surface area is 176 Å². The lowest BCUT2D eigenvalue weighted by molar-refractivity contribution is -0.152. The predicted molar refractivity (Wildman–Crippen MR) is 113 cm³/mol. The third-order valence-electron chi connectivity index (χ3n) is 4.71. The molecule has 7 nitrogen and oxygen atoms in total. The van der Waals surface area contributed by atoms with E-state index in [1.54, 1.807) is 35.7 Å². The minimum atomic E-state index is -0.629. The summed E-state index contributed by atoms with van der Waals surface area (Å²) in [7, 11) is 0. The number of amides is 2. The van der Waals surface area contributed by atoms with Crippen LogP contribution in [0.3, 0.4) is 0 Å². The topological polar surface area (TPSA) is 84.9 Å². The van der Waals surface area contributed by atoms with Crippen LogP contribution in [0.25, 0.3) is 0 Å². The Morgan fingerprint density at radius 3 is 2.72 bits per heavy atom. The highest BCUT2D eigenvalue weighted by atomic mass is 32.2. The number of hydrogen-bond acceptors (Lipinski definition) is 6. The van der Waals surface area contributed by atoms with Gasteiger partial charge in [-0.15, -0.1) is 0 Å². The molecule has 0 spiro atoms. The van der Waals surface area contributed by atoms with E-state index in [1.807, 2.05) is 24.5 Å². The maximum absolute atomic E-state index is 13.0. The molecule has 1 N–H and O–H groups in total. The van der Waals surface area contributed by atoms with E-state index >= 15 is 0 Å². The zero-order valence-electron chi connectivity index (χ0n) is 17.1. The molecule has 0 unspecified atom stereocenters. The number of hydrogen-bond donors (Lipinski definition) is 1. The molecule has 8 heteroatoms. The van der Waals surface area contributed by atoms with Crippen molar-refractivity contribution in [1.29, 1.82) is 0 Å². The minimum Gasteiger partial charge on any atom is -0.484 e. The standard InChI is InChI=1S/C21H30N2O5S/c1-3-27-21(26)16-8-7-12-23(14-16)20(25)18(11-13-29-2)22-19(24)15-28-17-9-5-4-6-10-17/h4-6,9-10,16,18H,3,7-8,11-15H2,1-2H3,(H,22,24)/t16-,18+/m1/s1. The number of nitrogens with one attached hydrogen (secondary N) is 1. The third-order valence-corrected chi connectivity index (χ3v) is 5.35. The quantitative estimate of drug-likeness (QED) is 0.582. The van der Waals surface area contributed by atoms with Gasteiger partial charge < -0.3 is 19.7 Å². The number of carbonyl (C=O) groups excluding carboxylic acids is 3. The Bertz CT molecular complexity index is 670. The highest BCUT2D eigenvalue weighted by Crippen LogP contribution is 2.19. The Kier molecular flexibility index (Phi) is 9.83. The highest BCUT2D eigenvalue weighted by molar-refractivity contribution is 7.98. The van der Waals surface area contributed by atoms with Crippen molar-refractivity contribution < 1.29 is 23.9 Å². The predicted octanol–water partition coefficient (Wildman–Crippen LogP) is 2.10. The number of carbonyl (C=O) groups is 3. The summed E-state index contributed by atoms with van der Waals surface area (Å²) in [5.41, 5.74) is 0. The first-order valence-corrected chi connectivity index (χ1v) is 11.4. The molecular formula is C21H30N2O5S. The number of esters is 1. The second kappa shape index (κ2) is 12.4. The van der Waals surface area contributed by atoms with Crippen LogP contribution >= 0.6 is 11.8 Å². The van der Waals surface area contributed by atoms with E-state index in [1.165, 1.54) is 0 Å². The van der Waals surface area contributed by atoms with Gasteiger partial charge in [0.1, 0.15) is 11.8 Å². The molecular weight excluding hydrogens is 392 g/mol. The number of benzene rings is 1. The monoisotopic (exact) mass is 422 g/mol. The van der Waals surface area contributed by atoms with Crippen LogP contribution in [0.4, 0.5) is 0 Å². The molecule has 0 aliphatic carbocycles. The van der Waals surface area contributed by atoms with Crippen molar-refractivity contribution in [1.82, 2.24) is 10.2 Å². The van der Waals surface area contributed by atoms with E-state index in [2.05, 4.69) is 5.32 Å². The van der Waals surface area contributed by atoms with Crippen molar-refractivity contribution in [3.63, 3.8) is 0 Å². The van der Waals surface area contributed by atoms with E-state index < -0.39 is 6.04 Å². The number of rotatable bonds is 10. The van der Waals surface area contributed by atoms with Crippen molar-refractivity contribution in [3.05, 3.63) is 30.3 Å². The van der Waals surface area contributed by atoms with E-state index in [0.717, 1.165) is 18.6 Å². The normalized spacial score (nSPS) is 17.3. The van der Waals surface area contributed by atoms with E-state index in [9.17, 15) is 14.4 Å². The minimum absolute atomic E-state index is 0.152.